The maximum atomic E-state index is 11.6. The van der Waals surface area contributed by atoms with Crippen LogP contribution >= 0.6 is 0 Å². The Balaban J connectivity index is 1.72. The normalized spacial score (nSPS) is 10.0. The van der Waals surface area contributed by atoms with E-state index >= 15 is 0 Å². The van der Waals surface area contributed by atoms with Crippen LogP contribution in [0.15, 0.2) is 48.5 Å². The number of ether oxygens (including phenoxy) is 2. The van der Waals surface area contributed by atoms with Gasteiger partial charge < -0.3 is 19.9 Å². The molecule has 2 N–H and O–H groups in total. The Morgan fingerprint density at radius 3 is 2.59 bits per heavy atom. The van der Waals surface area contributed by atoms with E-state index < -0.39 is 6.09 Å². The molecule has 0 saturated heterocycles. The van der Waals surface area contributed by atoms with Gasteiger partial charge in [0.1, 0.15) is 6.61 Å². The summed E-state index contributed by atoms with van der Waals surface area (Å²) in [6.07, 6.45) is 0.138. The van der Waals surface area contributed by atoms with Crippen LogP contribution in [-0.4, -0.2) is 24.9 Å². The number of nitrogens with one attached hydrogen (secondary N) is 1. The number of alkyl carbamates (subject to hydrolysis) is 1. The molecule has 5 heteroatoms. The standard InChI is InChI=1S/C17H19NO4/c1-21-16-8-7-13(11-15(16)19)9-10-18-17(20)22-12-14-5-3-2-4-6-14/h2-8,11,19H,9-10,12H2,1H3,(H,18,20). The van der Waals surface area contributed by atoms with E-state index in [1.807, 2.05) is 36.4 Å². The Morgan fingerprint density at radius 1 is 1.14 bits per heavy atom. The molecule has 0 saturated carbocycles. The van der Waals surface area contributed by atoms with Crippen LogP contribution in [0.25, 0.3) is 0 Å². The highest BCUT2D eigenvalue weighted by Crippen LogP contribution is 2.26. The van der Waals surface area contributed by atoms with Gasteiger partial charge in [-0.05, 0) is 29.7 Å². The summed E-state index contributed by atoms with van der Waals surface area (Å²) in [5.41, 5.74) is 1.85. The van der Waals surface area contributed by atoms with E-state index in [0.717, 1.165) is 11.1 Å². The number of phenols is 1. The molecule has 1 amide bonds. The number of phenolic OH excluding ortho intramolecular Hbond substituents is 1. The predicted octanol–water partition coefficient (Wildman–Crippen LogP) is 2.87. The van der Waals surface area contributed by atoms with Crippen molar-refractivity contribution in [1.82, 2.24) is 5.32 Å². The zero-order chi connectivity index (χ0) is 15.8. The van der Waals surface area contributed by atoms with Crippen LogP contribution in [-0.2, 0) is 17.8 Å². The number of amides is 1. The topological polar surface area (TPSA) is 67.8 Å². The minimum atomic E-state index is -0.457. The van der Waals surface area contributed by atoms with Gasteiger partial charge in [-0.2, -0.15) is 0 Å². The number of aromatic hydroxyl groups is 1. The van der Waals surface area contributed by atoms with Crippen molar-refractivity contribution < 1.29 is 19.4 Å². The Kier molecular flexibility index (Phi) is 5.65. The van der Waals surface area contributed by atoms with Gasteiger partial charge in [0.25, 0.3) is 0 Å². The zero-order valence-electron chi connectivity index (χ0n) is 12.4. The van der Waals surface area contributed by atoms with Crippen LogP contribution in [0, 0.1) is 0 Å². The maximum Gasteiger partial charge on any atom is 0.407 e. The van der Waals surface area contributed by atoms with E-state index in [2.05, 4.69) is 5.32 Å². The summed E-state index contributed by atoms with van der Waals surface area (Å²) < 4.78 is 10.1. The van der Waals surface area contributed by atoms with Gasteiger partial charge in [-0.25, -0.2) is 4.79 Å². The van der Waals surface area contributed by atoms with Crippen molar-refractivity contribution in [1.29, 1.82) is 0 Å². The third-order valence-electron chi connectivity index (χ3n) is 3.14. The van der Waals surface area contributed by atoms with E-state index in [9.17, 15) is 9.90 Å². The predicted molar refractivity (Wildman–Crippen MR) is 83.0 cm³/mol. The summed E-state index contributed by atoms with van der Waals surface area (Å²) in [5.74, 6) is 0.519. The van der Waals surface area contributed by atoms with Crippen LogP contribution in [0.4, 0.5) is 4.79 Å². The first kappa shape index (κ1) is 15.7. The molecule has 0 heterocycles. The van der Waals surface area contributed by atoms with Gasteiger partial charge in [-0.1, -0.05) is 36.4 Å². The van der Waals surface area contributed by atoms with Gasteiger partial charge in [-0.15, -0.1) is 0 Å². The summed E-state index contributed by atoms with van der Waals surface area (Å²) in [4.78, 5) is 11.6. The smallest absolute Gasteiger partial charge is 0.407 e. The Morgan fingerprint density at radius 2 is 1.91 bits per heavy atom. The molecule has 0 aliphatic heterocycles. The second-order valence-electron chi connectivity index (χ2n) is 4.74. The Bertz CT molecular complexity index is 613. The van der Waals surface area contributed by atoms with Gasteiger partial charge in [0, 0.05) is 6.54 Å². The lowest BCUT2D eigenvalue weighted by Crippen LogP contribution is -2.26. The van der Waals surface area contributed by atoms with E-state index in [1.54, 1.807) is 12.1 Å². The monoisotopic (exact) mass is 301 g/mol. The molecule has 0 bridgehead atoms. The number of methoxy groups -OCH3 is 1. The highest BCUT2D eigenvalue weighted by Gasteiger charge is 2.05. The summed E-state index contributed by atoms with van der Waals surface area (Å²) in [6, 6.07) is 14.7. The molecule has 0 aliphatic carbocycles. The summed E-state index contributed by atoms with van der Waals surface area (Å²) >= 11 is 0. The quantitative estimate of drug-likeness (QED) is 0.861. The first-order chi connectivity index (χ1) is 10.7. The average Bonchev–Trinajstić information content (AvgIpc) is 2.54. The molecule has 2 rings (SSSR count). The van der Waals surface area contributed by atoms with Gasteiger partial charge in [0.05, 0.1) is 7.11 Å². The first-order valence-electron chi connectivity index (χ1n) is 6.99. The molecule has 2 aromatic carbocycles. The van der Waals surface area contributed by atoms with Gasteiger partial charge >= 0.3 is 6.09 Å². The summed E-state index contributed by atoms with van der Waals surface area (Å²) in [7, 11) is 1.50. The molecular formula is C17H19NO4. The first-order valence-corrected chi connectivity index (χ1v) is 6.99. The van der Waals surface area contributed by atoms with Crippen molar-refractivity contribution >= 4 is 6.09 Å². The van der Waals surface area contributed by atoms with Crippen LogP contribution in [0.5, 0.6) is 11.5 Å². The largest absolute Gasteiger partial charge is 0.504 e. The SMILES string of the molecule is COc1ccc(CCNC(=O)OCc2ccccc2)cc1O. The molecule has 0 unspecified atom stereocenters. The van der Waals surface area contributed by atoms with Crippen LogP contribution < -0.4 is 10.1 Å². The number of rotatable bonds is 6. The molecule has 22 heavy (non-hydrogen) atoms. The second-order valence-corrected chi connectivity index (χ2v) is 4.74. The van der Waals surface area contributed by atoms with Crippen LogP contribution in [0.2, 0.25) is 0 Å². The lowest BCUT2D eigenvalue weighted by atomic mass is 10.1. The van der Waals surface area contributed by atoms with Crippen molar-refractivity contribution in [3.63, 3.8) is 0 Å². The number of benzene rings is 2. The molecule has 0 aliphatic rings. The molecule has 116 valence electrons. The van der Waals surface area contributed by atoms with Crippen molar-refractivity contribution in [2.45, 2.75) is 13.0 Å². The number of carbonyl (C=O) groups is 1. The molecule has 2 aromatic rings. The molecule has 0 atom stereocenters. The Labute approximate surface area is 129 Å². The van der Waals surface area contributed by atoms with Crippen molar-refractivity contribution in [3.05, 3.63) is 59.7 Å². The zero-order valence-corrected chi connectivity index (χ0v) is 12.4. The minimum Gasteiger partial charge on any atom is -0.504 e. The summed E-state index contributed by atoms with van der Waals surface area (Å²) in [6.45, 7) is 0.676. The third-order valence-corrected chi connectivity index (χ3v) is 3.14. The average molecular weight is 301 g/mol. The van der Waals surface area contributed by atoms with Gasteiger partial charge in [-0.3, -0.25) is 0 Å². The summed E-state index contributed by atoms with van der Waals surface area (Å²) in [5, 5.41) is 12.3. The third kappa shape index (κ3) is 4.70. The highest BCUT2D eigenvalue weighted by atomic mass is 16.5. The van der Waals surface area contributed by atoms with E-state index in [-0.39, 0.29) is 12.4 Å². The van der Waals surface area contributed by atoms with Crippen molar-refractivity contribution in [2.75, 3.05) is 13.7 Å². The number of hydrogen-bond acceptors (Lipinski definition) is 4. The fourth-order valence-electron chi connectivity index (χ4n) is 1.97. The fraction of sp³-hybridized carbons (Fsp3) is 0.235. The minimum absolute atomic E-state index is 0.0895. The molecule has 0 aromatic heterocycles. The highest BCUT2D eigenvalue weighted by molar-refractivity contribution is 5.67. The van der Waals surface area contributed by atoms with Crippen LogP contribution in [0.3, 0.4) is 0 Å². The van der Waals surface area contributed by atoms with Gasteiger partial charge in [0.15, 0.2) is 11.5 Å². The Hall–Kier alpha value is -2.69. The van der Waals surface area contributed by atoms with Crippen LogP contribution in [0.1, 0.15) is 11.1 Å². The number of hydrogen-bond donors (Lipinski definition) is 2. The molecule has 0 fully saturated rings. The van der Waals surface area contributed by atoms with Crippen molar-refractivity contribution in [2.24, 2.45) is 0 Å². The lowest BCUT2D eigenvalue weighted by Gasteiger charge is -2.08. The van der Waals surface area contributed by atoms with E-state index in [0.29, 0.717) is 18.7 Å². The second kappa shape index (κ2) is 7.93. The number of carbonyl (C=O) groups excluding carboxylic acids is 1. The van der Waals surface area contributed by atoms with Gasteiger partial charge in [0.2, 0.25) is 0 Å². The van der Waals surface area contributed by atoms with Crippen molar-refractivity contribution in [3.8, 4) is 11.5 Å². The molecule has 0 spiro atoms. The van der Waals surface area contributed by atoms with E-state index in [4.69, 9.17) is 9.47 Å². The maximum absolute atomic E-state index is 11.6. The molecular weight excluding hydrogens is 282 g/mol. The lowest BCUT2D eigenvalue weighted by molar-refractivity contribution is 0.140. The van der Waals surface area contributed by atoms with E-state index in [1.165, 1.54) is 7.11 Å². The molecule has 0 radical (unpaired) electrons. The molecule has 5 nitrogen and oxygen atoms in total. The fourth-order valence-corrected chi connectivity index (χ4v) is 1.97.